The number of aliphatic carboxylic acids is 1. The molecule has 0 aromatic heterocycles. The van der Waals surface area contributed by atoms with Gasteiger partial charge in [-0.15, -0.1) is 0 Å². The van der Waals surface area contributed by atoms with Crippen LogP contribution in [0.1, 0.15) is 29.8 Å². The Kier molecular flexibility index (Phi) is 3.83. The van der Waals surface area contributed by atoms with Crippen molar-refractivity contribution in [3.05, 3.63) is 29.3 Å². The van der Waals surface area contributed by atoms with Gasteiger partial charge in [-0.2, -0.15) is 0 Å². The Morgan fingerprint density at radius 3 is 2.57 bits per heavy atom. The average Bonchev–Trinajstić information content (AvgIpc) is 3.09. The van der Waals surface area contributed by atoms with Crippen molar-refractivity contribution >= 4 is 23.5 Å². The molecule has 1 N–H and O–H groups in total. The lowest BCUT2D eigenvalue weighted by atomic mass is 9.99. The molecule has 1 fully saturated rings. The summed E-state index contributed by atoms with van der Waals surface area (Å²) in [6, 6.07) is 5.37. The van der Waals surface area contributed by atoms with Crippen LogP contribution in [0.15, 0.2) is 18.2 Å². The Labute approximate surface area is 134 Å². The smallest absolute Gasteiger partial charge is 0.308 e. The summed E-state index contributed by atoms with van der Waals surface area (Å²) in [5.74, 6) is -1.52. The SMILES string of the molecule is CC(=O)N1CCc2cc(C(=O)N3C[C@@H](C)[C@H](C(=O)O)C3)ccc21. The van der Waals surface area contributed by atoms with Gasteiger partial charge in [-0.25, -0.2) is 0 Å². The second-order valence-electron chi connectivity index (χ2n) is 6.40. The number of hydrogen-bond donors (Lipinski definition) is 1. The summed E-state index contributed by atoms with van der Waals surface area (Å²) >= 11 is 0. The Balaban J connectivity index is 1.80. The first-order valence-electron chi connectivity index (χ1n) is 7.81. The van der Waals surface area contributed by atoms with Gasteiger partial charge in [-0.3, -0.25) is 14.4 Å². The van der Waals surface area contributed by atoms with Crippen molar-refractivity contribution in [1.29, 1.82) is 0 Å². The van der Waals surface area contributed by atoms with Gasteiger partial charge in [-0.1, -0.05) is 6.92 Å². The van der Waals surface area contributed by atoms with E-state index in [1.807, 2.05) is 19.1 Å². The van der Waals surface area contributed by atoms with E-state index in [-0.39, 0.29) is 24.3 Å². The van der Waals surface area contributed by atoms with Gasteiger partial charge in [0.1, 0.15) is 0 Å². The molecule has 1 saturated heterocycles. The molecule has 2 heterocycles. The zero-order valence-electron chi connectivity index (χ0n) is 13.3. The van der Waals surface area contributed by atoms with E-state index < -0.39 is 11.9 Å². The van der Waals surface area contributed by atoms with E-state index in [0.29, 0.717) is 18.7 Å². The minimum Gasteiger partial charge on any atom is -0.481 e. The summed E-state index contributed by atoms with van der Waals surface area (Å²) in [6.45, 7) is 4.76. The molecular formula is C17H20N2O4. The number of carbonyl (C=O) groups is 3. The number of carboxylic acid groups (broad SMARTS) is 1. The van der Waals surface area contributed by atoms with E-state index in [4.69, 9.17) is 0 Å². The van der Waals surface area contributed by atoms with Gasteiger partial charge in [0, 0.05) is 37.8 Å². The first kappa shape index (κ1) is 15.5. The minimum atomic E-state index is -0.848. The number of benzene rings is 1. The topological polar surface area (TPSA) is 77.9 Å². The van der Waals surface area contributed by atoms with Crippen LogP contribution in [0.25, 0.3) is 0 Å². The number of amides is 2. The highest BCUT2D eigenvalue weighted by Gasteiger charge is 2.37. The quantitative estimate of drug-likeness (QED) is 0.894. The molecule has 0 unspecified atom stereocenters. The maximum Gasteiger partial charge on any atom is 0.308 e. The predicted octanol–water partition coefficient (Wildman–Crippen LogP) is 1.39. The minimum absolute atomic E-state index is 0.000458. The maximum absolute atomic E-state index is 12.6. The molecule has 1 aromatic carbocycles. The summed E-state index contributed by atoms with van der Waals surface area (Å²) in [5.41, 5.74) is 2.42. The molecule has 6 heteroatoms. The van der Waals surface area contributed by atoms with E-state index in [1.54, 1.807) is 15.9 Å². The van der Waals surface area contributed by atoms with Crippen LogP contribution in [0.2, 0.25) is 0 Å². The van der Waals surface area contributed by atoms with Gasteiger partial charge < -0.3 is 14.9 Å². The molecule has 0 bridgehead atoms. The highest BCUT2D eigenvalue weighted by Crippen LogP contribution is 2.30. The van der Waals surface area contributed by atoms with Crippen LogP contribution in [-0.4, -0.2) is 47.4 Å². The Bertz CT molecular complexity index is 685. The molecule has 122 valence electrons. The molecule has 3 rings (SSSR count). The van der Waals surface area contributed by atoms with Crippen molar-refractivity contribution < 1.29 is 19.5 Å². The third-order valence-electron chi connectivity index (χ3n) is 4.82. The molecule has 2 atom stereocenters. The van der Waals surface area contributed by atoms with Crippen LogP contribution in [0.5, 0.6) is 0 Å². The van der Waals surface area contributed by atoms with Gasteiger partial charge in [0.15, 0.2) is 0 Å². The first-order chi connectivity index (χ1) is 10.9. The van der Waals surface area contributed by atoms with Crippen molar-refractivity contribution in [1.82, 2.24) is 4.90 Å². The lowest BCUT2D eigenvalue weighted by Gasteiger charge is -2.18. The molecule has 0 spiro atoms. The van der Waals surface area contributed by atoms with E-state index in [1.165, 1.54) is 6.92 Å². The lowest BCUT2D eigenvalue weighted by molar-refractivity contribution is -0.142. The monoisotopic (exact) mass is 316 g/mol. The fourth-order valence-corrected chi connectivity index (χ4v) is 3.50. The van der Waals surface area contributed by atoms with Crippen molar-refractivity contribution in [2.45, 2.75) is 20.3 Å². The zero-order chi connectivity index (χ0) is 16.7. The van der Waals surface area contributed by atoms with Crippen LogP contribution in [-0.2, 0) is 16.0 Å². The third kappa shape index (κ3) is 2.69. The van der Waals surface area contributed by atoms with Gasteiger partial charge >= 0.3 is 5.97 Å². The van der Waals surface area contributed by atoms with Crippen molar-refractivity contribution in [2.24, 2.45) is 11.8 Å². The van der Waals surface area contributed by atoms with E-state index in [0.717, 1.165) is 17.7 Å². The molecule has 0 saturated carbocycles. The maximum atomic E-state index is 12.6. The number of carboxylic acids is 1. The first-order valence-corrected chi connectivity index (χ1v) is 7.81. The molecule has 2 aliphatic rings. The molecule has 23 heavy (non-hydrogen) atoms. The van der Waals surface area contributed by atoms with Gasteiger partial charge in [-0.05, 0) is 36.1 Å². The van der Waals surface area contributed by atoms with Crippen LogP contribution in [0.4, 0.5) is 5.69 Å². The second kappa shape index (κ2) is 5.68. The van der Waals surface area contributed by atoms with Gasteiger partial charge in [0.05, 0.1) is 5.92 Å². The highest BCUT2D eigenvalue weighted by atomic mass is 16.4. The predicted molar refractivity (Wildman–Crippen MR) is 84.4 cm³/mol. The summed E-state index contributed by atoms with van der Waals surface area (Å²) in [5, 5.41) is 9.19. The van der Waals surface area contributed by atoms with Crippen molar-refractivity contribution in [2.75, 3.05) is 24.5 Å². The fourth-order valence-electron chi connectivity index (χ4n) is 3.50. The van der Waals surface area contributed by atoms with Crippen LogP contribution >= 0.6 is 0 Å². The highest BCUT2D eigenvalue weighted by molar-refractivity contribution is 5.98. The van der Waals surface area contributed by atoms with Gasteiger partial charge in [0.25, 0.3) is 5.91 Å². The summed E-state index contributed by atoms with van der Waals surface area (Å²) < 4.78 is 0. The number of fused-ring (bicyclic) bond motifs is 1. The summed E-state index contributed by atoms with van der Waals surface area (Å²) in [7, 11) is 0. The van der Waals surface area contributed by atoms with Crippen molar-refractivity contribution in [3.63, 3.8) is 0 Å². The standard InChI is InChI=1S/C17H20N2O4/c1-10-8-18(9-14(10)17(22)23)16(21)13-3-4-15-12(7-13)5-6-19(15)11(2)20/h3-4,7,10,14H,5-6,8-9H2,1-2H3,(H,22,23)/t10-,14-/m1/s1. The summed E-state index contributed by atoms with van der Waals surface area (Å²) in [4.78, 5) is 38.7. The zero-order valence-corrected chi connectivity index (χ0v) is 13.3. The molecule has 2 amide bonds. The molecule has 0 radical (unpaired) electrons. The van der Waals surface area contributed by atoms with E-state index in [9.17, 15) is 19.5 Å². The second-order valence-corrected chi connectivity index (χ2v) is 6.40. The Morgan fingerprint density at radius 1 is 1.22 bits per heavy atom. The number of hydrogen-bond acceptors (Lipinski definition) is 3. The number of carbonyl (C=O) groups excluding carboxylic acids is 2. The third-order valence-corrected chi connectivity index (χ3v) is 4.82. The molecular weight excluding hydrogens is 296 g/mol. The largest absolute Gasteiger partial charge is 0.481 e. The van der Waals surface area contributed by atoms with E-state index >= 15 is 0 Å². The van der Waals surface area contributed by atoms with Crippen LogP contribution in [0.3, 0.4) is 0 Å². The number of rotatable bonds is 2. The van der Waals surface area contributed by atoms with E-state index in [2.05, 4.69) is 0 Å². The fraction of sp³-hybridized carbons (Fsp3) is 0.471. The molecule has 0 aliphatic carbocycles. The van der Waals surface area contributed by atoms with Crippen LogP contribution in [0, 0.1) is 11.8 Å². The molecule has 2 aliphatic heterocycles. The molecule has 1 aromatic rings. The number of likely N-dealkylation sites (tertiary alicyclic amines) is 1. The summed E-state index contributed by atoms with van der Waals surface area (Å²) in [6.07, 6.45) is 0.740. The normalized spacial score (nSPS) is 23.0. The number of anilines is 1. The Morgan fingerprint density at radius 2 is 1.96 bits per heavy atom. The lowest BCUT2D eigenvalue weighted by Crippen LogP contribution is -2.30. The van der Waals surface area contributed by atoms with Crippen LogP contribution < -0.4 is 4.90 Å². The van der Waals surface area contributed by atoms with Gasteiger partial charge in [0.2, 0.25) is 5.91 Å². The Hall–Kier alpha value is -2.37. The van der Waals surface area contributed by atoms with Crippen molar-refractivity contribution in [3.8, 4) is 0 Å². The molecule has 6 nitrogen and oxygen atoms in total. The number of nitrogens with zero attached hydrogens (tertiary/aromatic N) is 2. The average molecular weight is 316 g/mol.